The normalized spacial score (nSPS) is 13.2. The molecule has 100 valence electrons. The van der Waals surface area contributed by atoms with Gasteiger partial charge in [-0.15, -0.1) is 0 Å². The fraction of sp³-hybridized carbons (Fsp3) is 0.462. The quantitative estimate of drug-likeness (QED) is 0.781. The number of nitrogens with one attached hydrogen (secondary N) is 1. The van der Waals surface area contributed by atoms with E-state index in [1.54, 1.807) is 13.8 Å². The second kappa shape index (κ2) is 5.93. The highest BCUT2D eigenvalue weighted by Crippen LogP contribution is 2.14. The molecular weight excluding hydrogens is 237 g/mol. The van der Waals surface area contributed by atoms with Crippen molar-refractivity contribution in [3.05, 3.63) is 35.6 Å². The molecule has 1 aromatic carbocycles. The van der Waals surface area contributed by atoms with Gasteiger partial charge in [0.05, 0.1) is 13.2 Å². The van der Waals surface area contributed by atoms with Gasteiger partial charge in [-0.1, -0.05) is 12.1 Å². The van der Waals surface area contributed by atoms with E-state index in [9.17, 15) is 14.3 Å². The number of β-amino-alcohol motifs (C(OH)–C–C–N with tert-alkyl or cyclic N) is 1. The molecule has 1 aromatic rings. The minimum absolute atomic E-state index is 0.174. The summed E-state index contributed by atoms with van der Waals surface area (Å²) in [6, 6.07) is 5.58. The van der Waals surface area contributed by atoms with Gasteiger partial charge in [0.15, 0.2) is 0 Å². The molecule has 1 unspecified atom stereocenters. The van der Waals surface area contributed by atoms with Crippen molar-refractivity contribution in [2.45, 2.75) is 25.5 Å². The molecule has 4 nitrogen and oxygen atoms in total. The Morgan fingerprint density at radius 1 is 1.44 bits per heavy atom. The number of aliphatic hydroxyl groups excluding tert-OH is 1. The summed E-state index contributed by atoms with van der Waals surface area (Å²) in [7, 11) is 1.31. The minimum Gasteiger partial charge on any atom is -0.468 e. The zero-order chi connectivity index (χ0) is 13.8. The van der Waals surface area contributed by atoms with E-state index in [2.05, 4.69) is 10.1 Å². The van der Waals surface area contributed by atoms with Crippen molar-refractivity contribution in [3.63, 3.8) is 0 Å². The number of ether oxygens (including phenoxy) is 1. The number of rotatable bonds is 5. The van der Waals surface area contributed by atoms with Crippen LogP contribution in [0.1, 0.15) is 25.5 Å². The summed E-state index contributed by atoms with van der Waals surface area (Å²) in [5.74, 6) is -0.761. The Morgan fingerprint density at radius 2 is 2.00 bits per heavy atom. The van der Waals surface area contributed by atoms with Gasteiger partial charge in [-0.05, 0) is 31.5 Å². The summed E-state index contributed by atoms with van der Waals surface area (Å²) in [6.07, 6.45) is -0.811. The van der Waals surface area contributed by atoms with Gasteiger partial charge in [0.2, 0.25) is 0 Å². The van der Waals surface area contributed by atoms with Crippen LogP contribution in [-0.2, 0) is 9.53 Å². The standard InChI is InChI=1S/C13H18FNO3/c1-13(2,12(17)18-3)15-8-11(16)9-4-6-10(14)7-5-9/h4-7,11,15-16H,8H2,1-3H3. The second-order valence-electron chi connectivity index (χ2n) is 4.56. The molecule has 0 bridgehead atoms. The number of benzene rings is 1. The number of carbonyl (C=O) groups is 1. The van der Waals surface area contributed by atoms with Crippen LogP contribution in [0.2, 0.25) is 0 Å². The topological polar surface area (TPSA) is 58.6 Å². The van der Waals surface area contributed by atoms with Crippen LogP contribution in [0.4, 0.5) is 4.39 Å². The van der Waals surface area contributed by atoms with Crippen molar-refractivity contribution in [3.8, 4) is 0 Å². The van der Waals surface area contributed by atoms with E-state index in [1.165, 1.54) is 31.4 Å². The van der Waals surface area contributed by atoms with Crippen LogP contribution in [0.15, 0.2) is 24.3 Å². The Morgan fingerprint density at radius 3 is 2.50 bits per heavy atom. The highest BCUT2D eigenvalue weighted by Gasteiger charge is 2.28. The Balaban J connectivity index is 2.58. The predicted molar refractivity (Wildman–Crippen MR) is 65.5 cm³/mol. The molecule has 0 aromatic heterocycles. The van der Waals surface area contributed by atoms with Crippen LogP contribution in [-0.4, -0.2) is 30.3 Å². The molecule has 0 aliphatic carbocycles. The molecule has 1 rings (SSSR count). The van der Waals surface area contributed by atoms with Crippen molar-refractivity contribution >= 4 is 5.97 Å². The van der Waals surface area contributed by atoms with E-state index in [1.807, 2.05) is 0 Å². The lowest BCUT2D eigenvalue weighted by atomic mass is 10.0. The fourth-order valence-corrected chi connectivity index (χ4v) is 1.48. The second-order valence-corrected chi connectivity index (χ2v) is 4.56. The molecular formula is C13H18FNO3. The average molecular weight is 255 g/mol. The predicted octanol–water partition coefficient (Wildman–Crippen LogP) is 1.40. The third-order valence-electron chi connectivity index (χ3n) is 2.69. The van der Waals surface area contributed by atoms with Crippen LogP contribution >= 0.6 is 0 Å². The lowest BCUT2D eigenvalue weighted by Crippen LogP contribution is -2.48. The highest BCUT2D eigenvalue weighted by atomic mass is 19.1. The van der Waals surface area contributed by atoms with Crippen molar-refractivity contribution < 1.29 is 19.0 Å². The lowest BCUT2D eigenvalue weighted by molar-refractivity contribution is -0.147. The van der Waals surface area contributed by atoms with E-state index in [0.29, 0.717) is 5.56 Å². The number of halogens is 1. The molecule has 0 radical (unpaired) electrons. The molecule has 2 N–H and O–H groups in total. The number of hydrogen-bond donors (Lipinski definition) is 2. The van der Waals surface area contributed by atoms with E-state index >= 15 is 0 Å². The molecule has 0 heterocycles. The van der Waals surface area contributed by atoms with Crippen LogP contribution in [0, 0.1) is 5.82 Å². The highest BCUT2D eigenvalue weighted by molar-refractivity contribution is 5.79. The molecule has 18 heavy (non-hydrogen) atoms. The zero-order valence-corrected chi connectivity index (χ0v) is 10.7. The van der Waals surface area contributed by atoms with Crippen molar-refractivity contribution in [1.82, 2.24) is 5.32 Å². The van der Waals surface area contributed by atoms with Gasteiger partial charge in [0.1, 0.15) is 11.4 Å². The zero-order valence-electron chi connectivity index (χ0n) is 10.7. The van der Waals surface area contributed by atoms with E-state index in [4.69, 9.17) is 0 Å². The van der Waals surface area contributed by atoms with Crippen molar-refractivity contribution in [2.24, 2.45) is 0 Å². The Kier molecular flexibility index (Phi) is 4.81. The average Bonchev–Trinajstić information content (AvgIpc) is 2.35. The number of carbonyl (C=O) groups excluding carboxylic acids is 1. The molecule has 5 heteroatoms. The maximum atomic E-state index is 12.7. The number of aliphatic hydroxyl groups is 1. The van der Waals surface area contributed by atoms with Crippen molar-refractivity contribution in [2.75, 3.05) is 13.7 Å². The molecule has 0 spiro atoms. The molecule has 0 aliphatic rings. The van der Waals surface area contributed by atoms with Gasteiger partial charge in [0, 0.05) is 6.54 Å². The van der Waals surface area contributed by atoms with Gasteiger partial charge in [0.25, 0.3) is 0 Å². The number of methoxy groups -OCH3 is 1. The number of esters is 1. The smallest absolute Gasteiger partial charge is 0.325 e. The first kappa shape index (κ1) is 14.6. The third-order valence-corrected chi connectivity index (χ3v) is 2.69. The van der Waals surface area contributed by atoms with Crippen LogP contribution in [0.3, 0.4) is 0 Å². The van der Waals surface area contributed by atoms with Gasteiger partial charge in [-0.25, -0.2) is 4.39 Å². The van der Waals surface area contributed by atoms with Gasteiger partial charge >= 0.3 is 5.97 Å². The van der Waals surface area contributed by atoms with E-state index < -0.39 is 17.6 Å². The first-order chi connectivity index (χ1) is 8.36. The molecule has 0 amide bonds. The van der Waals surface area contributed by atoms with Crippen molar-refractivity contribution in [1.29, 1.82) is 0 Å². The molecule has 0 saturated heterocycles. The van der Waals surface area contributed by atoms with Gasteiger partial charge < -0.3 is 9.84 Å². The Labute approximate surface area is 106 Å². The van der Waals surface area contributed by atoms with E-state index in [0.717, 1.165) is 0 Å². The maximum absolute atomic E-state index is 12.7. The summed E-state index contributed by atoms with van der Waals surface area (Å²) < 4.78 is 17.4. The number of hydrogen-bond acceptors (Lipinski definition) is 4. The van der Waals surface area contributed by atoms with Crippen LogP contribution < -0.4 is 5.32 Å². The van der Waals surface area contributed by atoms with Crippen LogP contribution in [0.5, 0.6) is 0 Å². The SMILES string of the molecule is COC(=O)C(C)(C)NCC(O)c1ccc(F)cc1. The molecule has 0 saturated carbocycles. The summed E-state index contributed by atoms with van der Waals surface area (Å²) in [5, 5.41) is 12.8. The summed E-state index contributed by atoms with van der Waals surface area (Å²) in [4.78, 5) is 11.4. The van der Waals surface area contributed by atoms with Gasteiger partial charge in [-0.3, -0.25) is 10.1 Å². The molecule has 0 aliphatic heterocycles. The summed E-state index contributed by atoms with van der Waals surface area (Å²) in [6.45, 7) is 3.50. The first-order valence-corrected chi connectivity index (χ1v) is 5.64. The Hall–Kier alpha value is -1.46. The third kappa shape index (κ3) is 3.78. The summed E-state index contributed by atoms with van der Waals surface area (Å²) >= 11 is 0. The van der Waals surface area contributed by atoms with Crippen LogP contribution in [0.25, 0.3) is 0 Å². The minimum atomic E-state index is -0.879. The lowest BCUT2D eigenvalue weighted by Gasteiger charge is -2.24. The first-order valence-electron chi connectivity index (χ1n) is 5.64. The molecule has 1 atom stereocenters. The summed E-state index contributed by atoms with van der Waals surface area (Å²) in [5.41, 5.74) is -0.292. The monoisotopic (exact) mass is 255 g/mol. The maximum Gasteiger partial charge on any atom is 0.325 e. The van der Waals surface area contributed by atoms with E-state index in [-0.39, 0.29) is 12.4 Å². The Bertz CT molecular complexity index is 403. The fourth-order valence-electron chi connectivity index (χ4n) is 1.48. The van der Waals surface area contributed by atoms with Gasteiger partial charge in [-0.2, -0.15) is 0 Å². The molecule has 0 fully saturated rings. The largest absolute Gasteiger partial charge is 0.468 e.